The van der Waals surface area contributed by atoms with Gasteiger partial charge in [0, 0.05) is 11.0 Å². The average Bonchev–Trinajstić information content (AvgIpc) is 2.56. The van der Waals surface area contributed by atoms with Gasteiger partial charge in [0.05, 0.1) is 0 Å². The highest BCUT2D eigenvalue weighted by molar-refractivity contribution is 9.11. The van der Waals surface area contributed by atoms with Crippen molar-refractivity contribution in [1.82, 2.24) is 0 Å². The first-order valence-corrected chi connectivity index (χ1v) is 7.00. The zero-order chi connectivity index (χ0) is 12.6. The van der Waals surface area contributed by atoms with Crippen molar-refractivity contribution in [3.8, 4) is 5.75 Å². The van der Waals surface area contributed by atoms with Crippen LogP contribution in [0, 0.1) is 12.8 Å². The number of allylic oxidation sites excluding steroid dienone is 1. The molecule has 1 nitrogen and oxygen atoms in total. The van der Waals surface area contributed by atoms with Crippen molar-refractivity contribution in [2.24, 2.45) is 5.92 Å². The molecule has 0 bridgehead atoms. The number of aryl methyl sites for hydroxylation is 1. The van der Waals surface area contributed by atoms with Gasteiger partial charge in [-0.1, -0.05) is 47.5 Å². The summed E-state index contributed by atoms with van der Waals surface area (Å²) >= 11 is 3.45. The fourth-order valence-electron chi connectivity index (χ4n) is 2.89. The van der Waals surface area contributed by atoms with Gasteiger partial charge in [-0.05, 0) is 42.3 Å². The first kappa shape index (κ1) is 12.7. The van der Waals surface area contributed by atoms with Crippen LogP contribution in [0.25, 0.3) is 0 Å². The molecule has 2 rings (SSSR count). The first-order valence-electron chi connectivity index (χ1n) is 6.08. The third kappa shape index (κ3) is 2.03. The molecular weight excluding hydrogens is 276 g/mol. The molecule has 1 saturated carbocycles. The maximum Gasteiger partial charge on any atom is 0.119 e. The molecule has 1 aliphatic rings. The Balaban J connectivity index is 2.46. The Morgan fingerprint density at radius 1 is 1.47 bits per heavy atom. The minimum Gasteiger partial charge on any atom is -0.508 e. The predicted octanol–water partition coefficient (Wildman–Crippen LogP) is 4.67. The van der Waals surface area contributed by atoms with Crippen LogP contribution in [0.2, 0.25) is 0 Å². The predicted molar refractivity (Wildman–Crippen MR) is 75.6 cm³/mol. The van der Waals surface area contributed by atoms with E-state index < -0.39 is 0 Å². The van der Waals surface area contributed by atoms with E-state index in [0.717, 1.165) is 24.0 Å². The van der Waals surface area contributed by atoms with Crippen LogP contribution in [0.15, 0.2) is 28.8 Å². The summed E-state index contributed by atoms with van der Waals surface area (Å²) in [5.41, 5.74) is 3.68. The Labute approximate surface area is 112 Å². The van der Waals surface area contributed by atoms with Gasteiger partial charge >= 0.3 is 0 Å². The summed E-state index contributed by atoms with van der Waals surface area (Å²) in [5, 5.41) is 10.2. The van der Waals surface area contributed by atoms with Gasteiger partial charge in [0.15, 0.2) is 0 Å². The van der Waals surface area contributed by atoms with E-state index in [0.29, 0.717) is 11.7 Å². The van der Waals surface area contributed by atoms with Gasteiger partial charge in [-0.25, -0.2) is 0 Å². The molecule has 17 heavy (non-hydrogen) atoms. The number of benzene rings is 1. The van der Waals surface area contributed by atoms with E-state index in [-0.39, 0.29) is 5.41 Å². The topological polar surface area (TPSA) is 20.2 Å². The lowest BCUT2D eigenvalue weighted by atomic mass is 9.73. The molecule has 2 heteroatoms. The number of rotatable bonds is 1. The molecule has 1 aliphatic carbocycles. The summed E-state index contributed by atoms with van der Waals surface area (Å²) in [7, 11) is 0. The monoisotopic (exact) mass is 294 g/mol. The molecular formula is C15H19BrO. The molecule has 1 aromatic carbocycles. The van der Waals surface area contributed by atoms with Crippen LogP contribution in [0.3, 0.4) is 0 Å². The molecule has 1 N–H and O–H groups in total. The summed E-state index contributed by atoms with van der Waals surface area (Å²) in [5.74, 6) is 0.908. The van der Waals surface area contributed by atoms with Crippen LogP contribution in [-0.4, -0.2) is 5.11 Å². The number of aromatic hydroxyl groups is 1. The first-order chi connectivity index (χ1) is 7.99. The van der Waals surface area contributed by atoms with Crippen molar-refractivity contribution in [2.45, 2.75) is 39.0 Å². The third-order valence-electron chi connectivity index (χ3n) is 4.35. The molecule has 2 atom stereocenters. The zero-order valence-corrected chi connectivity index (χ0v) is 12.2. The van der Waals surface area contributed by atoms with Crippen molar-refractivity contribution >= 4 is 15.9 Å². The van der Waals surface area contributed by atoms with E-state index in [1.165, 1.54) is 5.57 Å². The lowest BCUT2D eigenvalue weighted by molar-refractivity contribution is 0.369. The van der Waals surface area contributed by atoms with Gasteiger partial charge in [-0.15, -0.1) is 0 Å². The average molecular weight is 295 g/mol. The largest absolute Gasteiger partial charge is 0.508 e. The summed E-state index contributed by atoms with van der Waals surface area (Å²) in [4.78, 5) is 2.05. The summed E-state index contributed by atoms with van der Waals surface area (Å²) in [6.45, 7) is 6.51. The SMILES string of the molecule is Cc1ccc([C@]2(C)CC/C(=C\Br)[C@@H]2C)c(O)c1. The molecule has 0 amide bonds. The van der Waals surface area contributed by atoms with Crippen LogP contribution >= 0.6 is 15.9 Å². The Bertz CT molecular complexity index is 464. The van der Waals surface area contributed by atoms with Gasteiger partial charge in [-0.3, -0.25) is 0 Å². The molecule has 0 saturated heterocycles. The maximum absolute atomic E-state index is 10.2. The highest BCUT2D eigenvalue weighted by Gasteiger charge is 2.41. The number of phenolic OH excluding ortho intramolecular Hbond substituents is 1. The van der Waals surface area contributed by atoms with E-state index in [1.807, 2.05) is 18.0 Å². The summed E-state index contributed by atoms with van der Waals surface area (Å²) in [6, 6.07) is 6.03. The second kappa shape index (κ2) is 4.49. The van der Waals surface area contributed by atoms with Crippen LogP contribution in [0.5, 0.6) is 5.75 Å². The van der Waals surface area contributed by atoms with E-state index in [2.05, 4.69) is 41.9 Å². The van der Waals surface area contributed by atoms with Crippen LogP contribution in [0.4, 0.5) is 0 Å². The molecule has 92 valence electrons. The molecule has 1 aromatic rings. The number of hydrogen-bond donors (Lipinski definition) is 1. The Kier molecular flexibility index (Phi) is 3.35. The normalized spacial score (nSPS) is 31.1. The molecule has 0 aliphatic heterocycles. The fraction of sp³-hybridized carbons (Fsp3) is 0.467. The quantitative estimate of drug-likeness (QED) is 0.798. The van der Waals surface area contributed by atoms with E-state index in [9.17, 15) is 5.11 Å². The van der Waals surface area contributed by atoms with Gasteiger partial charge in [0.1, 0.15) is 5.75 Å². The van der Waals surface area contributed by atoms with Crippen LogP contribution in [-0.2, 0) is 5.41 Å². The molecule has 0 radical (unpaired) electrons. The van der Waals surface area contributed by atoms with Crippen molar-refractivity contribution in [3.63, 3.8) is 0 Å². The number of phenols is 1. The second-order valence-corrected chi connectivity index (χ2v) is 5.80. The molecule has 0 spiro atoms. The number of hydrogen-bond acceptors (Lipinski definition) is 1. The summed E-state index contributed by atoms with van der Waals surface area (Å²) < 4.78 is 0. The Morgan fingerprint density at radius 2 is 2.18 bits per heavy atom. The smallest absolute Gasteiger partial charge is 0.119 e. The van der Waals surface area contributed by atoms with Crippen LogP contribution < -0.4 is 0 Å². The van der Waals surface area contributed by atoms with Crippen LogP contribution in [0.1, 0.15) is 37.8 Å². The maximum atomic E-state index is 10.2. The zero-order valence-electron chi connectivity index (χ0n) is 10.6. The molecule has 0 aromatic heterocycles. The minimum absolute atomic E-state index is 0.0530. The lowest BCUT2D eigenvalue weighted by Gasteiger charge is -2.31. The van der Waals surface area contributed by atoms with E-state index in [1.54, 1.807) is 0 Å². The van der Waals surface area contributed by atoms with Crippen molar-refractivity contribution in [2.75, 3.05) is 0 Å². The summed E-state index contributed by atoms with van der Waals surface area (Å²) in [6.07, 6.45) is 2.21. The molecule has 0 unspecified atom stereocenters. The van der Waals surface area contributed by atoms with Gasteiger partial charge in [-0.2, -0.15) is 0 Å². The van der Waals surface area contributed by atoms with Crippen molar-refractivity contribution in [1.29, 1.82) is 0 Å². The standard InChI is InChI=1S/C15H19BrO/c1-10-4-5-13(14(17)8-10)15(3)7-6-12(9-16)11(15)2/h4-5,8-9,11,17H,6-7H2,1-3H3/b12-9+/t11-,15+/m0/s1. The lowest BCUT2D eigenvalue weighted by Crippen LogP contribution is -2.25. The molecule has 1 fully saturated rings. The van der Waals surface area contributed by atoms with E-state index >= 15 is 0 Å². The second-order valence-electron chi connectivity index (χ2n) is 5.34. The van der Waals surface area contributed by atoms with E-state index in [4.69, 9.17) is 0 Å². The van der Waals surface area contributed by atoms with Crippen molar-refractivity contribution < 1.29 is 5.11 Å². The highest BCUT2D eigenvalue weighted by atomic mass is 79.9. The van der Waals surface area contributed by atoms with Gasteiger partial charge in [0.25, 0.3) is 0 Å². The fourth-order valence-corrected chi connectivity index (χ4v) is 3.51. The van der Waals surface area contributed by atoms with Gasteiger partial charge in [0.2, 0.25) is 0 Å². The Morgan fingerprint density at radius 3 is 2.71 bits per heavy atom. The van der Waals surface area contributed by atoms with Crippen molar-refractivity contribution in [3.05, 3.63) is 39.9 Å². The highest BCUT2D eigenvalue weighted by Crippen LogP contribution is 2.50. The molecule has 0 heterocycles. The number of halogens is 1. The third-order valence-corrected chi connectivity index (χ3v) is 4.94. The minimum atomic E-state index is 0.0530. The Hall–Kier alpha value is -0.760. The van der Waals surface area contributed by atoms with Gasteiger partial charge < -0.3 is 5.11 Å².